The van der Waals surface area contributed by atoms with E-state index in [0.717, 1.165) is 12.0 Å². The highest BCUT2D eigenvalue weighted by molar-refractivity contribution is 4.81. The van der Waals surface area contributed by atoms with Crippen LogP contribution in [0.2, 0.25) is 0 Å². The number of rotatable bonds is 5. The largest absolute Gasteiger partial charge is 0.317 e. The Morgan fingerprint density at radius 2 is 1.87 bits per heavy atom. The molecule has 0 spiro atoms. The molecule has 1 saturated carbocycles. The summed E-state index contributed by atoms with van der Waals surface area (Å²) in [6, 6.07) is 0.881. The molecule has 1 aliphatic carbocycles. The molecular weight excluding hydrogens is 184 g/mol. The third-order valence-corrected chi connectivity index (χ3v) is 4.05. The first kappa shape index (κ1) is 11.4. The van der Waals surface area contributed by atoms with E-state index in [0.29, 0.717) is 0 Å². The van der Waals surface area contributed by atoms with Crippen LogP contribution in [-0.2, 0) is 0 Å². The van der Waals surface area contributed by atoms with Gasteiger partial charge in [0.15, 0.2) is 0 Å². The van der Waals surface area contributed by atoms with Crippen LogP contribution < -0.4 is 5.32 Å². The second-order valence-corrected chi connectivity index (χ2v) is 5.27. The number of hydrogen-bond acceptors (Lipinski definition) is 2. The molecule has 2 fully saturated rings. The summed E-state index contributed by atoms with van der Waals surface area (Å²) in [4.78, 5) is 2.78. The van der Waals surface area contributed by atoms with Crippen molar-refractivity contribution in [2.45, 2.75) is 51.5 Å². The van der Waals surface area contributed by atoms with Crippen LogP contribution in [0.3, 0.4) is 0 Å². The summed E-state index contributed by atoms with van der Waals surface area (Å²) in [6.07, 6.45) is 8.52. The molecular formula is C13H26N2. The van der Waals surface area contributed by atoms with Gasteiger partial charge in [-0.05, 0) is 57.7 Å². The van der Waals surface area contributed by atoms with Gasteiger partial charge in [-0.15, -0.1) is 0 Å². The normalized spacial score (nSPS) is 24.4. The van der Waals surface area contributed by atoms with Crippen LogP contribution >= 0.6 is 0 Å². The summed E-state index contributed by atoms with van der Waals surface area (Å²) in [5, 5.41) is 3.47. The SMILES string of the molecule is CCCN(CC1CCC1)C1CCNCC1. The summed E-state index contributed by atoms with van der Waals surface area (Å²) in [7, 11) is 0. The molecule has 0 bridgehead atoms. The average Bonchev–Trinajstić information content (AvgIpc) is 2.23. The maximum Gasteiger partial charge on any atom is 0.0119 e. The van der Waals surface area contributed by atoms with Gasteiger partial charge in [0.25, 0.3) is 0 Å². The summed E-state index contributed by atoms with van der Waals surface area (Å²) in [5.41, 5.74) is 0. The fraction of sp³-hybridized carbons (Fsp3) is 1.00. The van der Waals surface area contributed by atoms with Crippen molar-refractivity contribution in [1.29, 1.82) is 0 Å². The van der Waals surface area contributed by atoms with Crippen molar-refractivity contribution in [3.05, 3.63) is 0 Å². The maximum absolute atomic E-state index is 3.47. The number of hydrogen-bond donors (Lipinski definition) is 1. The molecule has 0 unspecified atom stereocenters. The van der Waals surface area contributed by atoms with E-state index in [1.165, 1.54) is 64.7 Å². The van der Waals surface area contributed by atoms with E-state index in [1.54, 1.807) is 0 Å². The quantitative estimate of drug-likeness (QED) is 0.749. The lowest BCUT2D eigenvalue weighted by Crippen LogP contribution is -2.46. The highest BCUT2D eigenvalue weighted by atomic mass is 15.2. The van der Waals surface area contributed by atoms with Crippen molar-refractivity contribution < 1.29 is 0 Å². The van der Waals surface area contributed by atoms with Crippen LogP contribution in [-0.4, -0.2) is 37.1 Å². The lowest BCUT2D eigenvalue weighted by Gasteiger charge is -2.39. The fourth-order valence-electron chi connectivity index (χ4n) is 2.89. The Morgan fingerprint density at radius 3 is 2.40 bits per heavy atom. The van der Waals surface area contributed by atoms with E-state index in [1.807, 2.05) is 0 Å². The molecule has 2 rings (SSSR count). The second-order valence-electron chi connectivity index (χ2n) is 5.27. The first-order valence-corrected chi connectivity index (χ1v) is 6.85. The molecule has 15 heavy (non-hydrogen) atoms. The van der Waals surface area contributed by atoms with Crippen molar-refractivity contribution in [3.8, 4) is 0 Å². The smallest absolute Gasteiger partial charge is 0.0119 e. The molecule has 1 heterocycles. The van der Waals surface area contributed by atoms with Crippen molar-refractivity contribution in [1.82, 2.24) is 10.2 Å². The van der Waals surface area contributed by atoms with Gasteiger partial charge in [-0.25, -0.2) is 0 Å². The first-order valence-electron chi connectivity index (χ1n) is 6.85. The van der Waals surface area contributed by atoms with E-state index in [4.69, 9.17) is 0 Å². The molecule has 88 valence electrons. The number of nitrogens with zero attached hydrogens (tertiary/aromatic N) is 1. The van der Waals surface area contributed by atoms with Gasteiger partial charge in [0.2, 0.25) is 0 Å². The number of piperidine rings is 1. The maximum atomic E-state index is 3.47. The Labute approximate surface area is 94.4 Å². The molecule has 2 heteroatoms. The Hall–Kier alpha value is -0.0800. The van der Waals surface area contributed by atoms with Gasteiger partial charge < -0.3 is 10.2 Å². The molecule has 2 nitrogen and oxygen atoms in total. The van der Waals surface area contributed by atoms with Crippen LogP contribution in [0.4, 0.5) is 0 Å². The predicted octanol–water partition coefficient (Wildman–Crippen LogP) is 2.25. The van der Waals surface area contributed by atoms with Crippen molar-refractivity contribution in [2.75, 3.05) is 26.2 Å². The minimum absolute atomic E-state index is 0.881. The van der Waals surface area contributed by atoms with E-state index >= 15 is 0 Å². The minimum Gasteiger partial charge on any atom is -0.317 e. The standard InChI is InChI=1S/C13H26N2/c1-2-10-15(11-12-4-3-5-12)13-6-8-14-9-7-13/h12-14H,2-11H2,1H3. The third kappa shape index (κ3) is 3.18. The van der Waals surface area contributed by atoms with E-state index < -0.39 is 0 Å². The van der Waals surface area contributed by atoms with Gasteiger partial charge in [-0.2, -0.15) is 0 Å². The van der Waals surface area contributed by atoms with E-state index in [9.17, 15) is 0 Å². The van der Waals surface area contributed by atoms with Gasteiger partial charge in [-0.3, -0.25) is 0 Å². The lowest BCUT2D eigenvalue weighted by molar-refractivity contribution is 0.112. The average molecular weight is 210 g/mol. The van der Waals surface area contributed by atoms with E-state index in [2.05, 4.69) is 17.1 Å². The number of nitrogens with one attached hydrogen (secondary N) is 1. The van der Waals surface area contributed by atoms with Gasteiger partial charge >= 0.3 is 0 Å². The summed E-state index contributed by atoms with van der Waals surface area (Å²) in [5.74, 6) is 1.03. The Balaban J connectivity index is 1.79. The summed E-state index contributed by atoms with van der Waals surface area (Å²) < 4.78 is 0. The molecule has 0 aromatic heterocycles. The van der Waals surface area contributed by atoms with Crippen molar-refractivity contribution >= 4 is 0 Å². The molecule has 0 radical (unpaired) electrons. The Kier molecular flexibility index (Phi) is 4.45. The fourth-order valence-corrected chi connectivity index (χ4v) is 2.89. The third-order valence-electron chi connectivity index (χ3n) is 4.05. The molecule has 1 N–H and O–H groups in total. The molecule has 0 aromatic rings. The van der Waals surface area contributed by atoms with E-state index in [-0.39, 0.29) is 0 Å². The van der Waals surface area contributed by atoms with Crippen LogP contribution in [0.15, 0.2) is 0 Å². The van der Waals surface area contributed by atoms with Crippen LogP contribution in [0.25, 0.3) is 0 Å². The first-order chi connectivity index (χ1) is 7.40. The highest BCUT2D eigenvalue weighted by Crippen LogP contribution is 2.28. The topological polar surface area (TPSA) is 15.3 Å². The van der Waals surface area contributed by atoms with Crippen molar-refractivity contribution in [3.63, 3.8) is 0 Å². The lowest BCUT2D eigenvalue weighted by atomic mass is 9.84. The monoisotopic (exact) mass is 210 g/mol. The van der Waals surface area contributed by atoms with Gasteiger partial charge in [0, 0.05) is 12.6 Å². The van der Waals surface area contributed by atoms with Gasteiger partial charge in [0.05, 0.1) is 0 Å². The summed E-state index contributed by atoms with van der Waals surface area (Å²) >= 11 is 0. The Morgan fingerprint density at radius 1 is 1.13 bits per heavy atom. The predicted molar refractivity (Wildman–Crippen MR) is 65.1 cm³/mol. The molecule has 1 saturated heterocycles. The highest BCUT2D eigenvalue weighted by Gasteiger charge is 2.25. The molecule has 0 amide bonds. The zero-order valence-corrected chi connectivity index (χ0v) is 10.2. The second kappa shape index (κ2) is 5.86. The Bertz CT molecular complexity index is 171. The van der Waals surface area contributed by atoms with Gasteiger partial charge in [-0.1, -0.05) is 13.3 Å². The van der Waals surface area contributed by atoms with Gasteiger partial charge in [0.1, 0.15) is 0 Å². The van der Waals surface area contributed by atoms with Crippen molar-refractivity contribution in [2.24, 2.45) is 5.92 Å². The van der Waals surface area contributed by atoms with Crippen LogP contribution in [0.5, 0.6) is 0 Å². The van der Waals surface area contributed by atoms with Crippen LogP contribution in [0.1, 0.15) is 45.4 Å². The zero-order valence-electron chi connectivity index (χ0n) is 10.2. The molecule has 1 aliphatic heterocycles. The zero-order chi connectivity index (χ0) is 10.5. The minimum atomic E-state index is 0.881. The molecule has 0 atom stereocenters. The summed E-state index contributed by atoms with van der Waals surface area (Å²) in [6.45, 7) is 7.49. The molecule has 0 aromatic carbocycles. The molecule has 2 aliphatic rings. The van der Waals surface area contributed by atoms with Crippen LogP contribution in [0, 0.1) is 5.92 Å².